The highest BCUT2D eigenvalue weighted by molar-refractivity contribution is 8.18. The van der Waals surface area contributed by atoms with Crippen molar-refractivity contribution in [1.82, 2.24) is 9.47 Å². The smallest absolute Gasteiger partial charge is 0.293 e. The first-order valence-electron chi connectivity index (χ1n) is 8.12. The molecule has 1 aliphatic rings. The van der Waals surface area contributed by atoms with Crippen molar-refractivity contribution < 1.29 is 14.4 Å². The van der Waals surface area contributed by atoms with Crippen LogP contribution in [0.1, 0.15) is 25.3 Å². The van der Waals surface area contributed by atoms with Crippen LogP contribution in [0.2, 0.25) is 0 Å². The zero-order valence-corrected chi connectivity index (χ0v) is 14.7. The van der Waals surface area contributed by atoms with Gasteiger partial charge in [-0.1, -0.05) is 31.5 Å². The van der Waals surface area contributed by atoms with Gasteiger partial charge >= 0.3 is 0 Å². The fraction of sp³-hybridized carbons (Fsp3) is 0.278. The largest absolute Gasteiger partial charge is 0.368 e. The number of para-hydroxylation sites is 1. The van der Waals surface area contributed by atoms with Crippen molar-refractivity contribution in [3.63, 3.8) is 0 Å². The summed E-state index contributed by atoms with van der Waals surface area (Å²) >= 11 is 0.956. The number of imide groups is 1. The fourth-order valence-corrected chi connectivity index (χ4v) is 3.70. The van der Waals surface area contributed by atoms with Crippen molar-refractivity contribution in [3.05, 3.63) is 40.9 Å². The van der Waals surface area contributed by atoms with Crippen LogP contribution in [0.3, 0.4) is 0 Å². The maximum atomic E-state index is 12.5. The maximum absolute atomic E-state index is 12.5. The first-order valence-corrected chi connectivity index (χ1v) is 8.94. The van der Waals surface area contributed by atoms with Gasteiger partial charge in [0.25, 0.3) is 11.1 Å². The van der Waals surface area contributed by atoms with Crippen molar-refractivity contribution in [2.75, 3.05) is 6.54 Å². The zero-order chi connectivity index (χ0) is 18.0. The summed E-state index contributed by atoms with van der Waals surface area (Å²) in [6.45, 7) is 2.52. The standard InChI is InChI=1S/C18H19N3O3S/c1-2-3-8-21-17(23)15(25-18(21)24)9-12-10-20(11-16(19)22)14-7-5-4-6-13(12)14/h4-7,9-10H,2-3,8,11H2,1H3,(H2,19,22)/b15-9-. The molecule has 0 aliphatic carbocycles. The summed E-state index contributed by atoms with van der Waals surface area (Å²) < 4.78 is 1.75. The van der Waals surface area contributed by atoms with Gasteiger partial charge in [-0.05, 0) is 30.3 Å². The van der Waals surface area contributed by atoms with E-state index in [1.807, 2.05) is 31.2 Å². The molecule has 0 saturated carbocycles. The molecule has 6 nitrogen and oxygen atoms in total. The van der Waals surface area contributed by atoms with Crippen molar-refractivity contribution in [3.8, 4) is 0 Å². The predicted octanol–water partition coefficient (Wildman–Crippen LogP) is 2.96. The number of carbonyl (C=O) groups is 3. The highest BCUT2D eigenvalue weighted by atomic mass is 32.2. The highest BCUT2D eigenvalue weighted by Gasteiger charge is 2.34. The second kappa shape index (κ2) is 7.14. The number of hydrogen-bond donors (Lipinski definition) is 1. The Morgan fingerprint density at radius 2 is 2.04 bits per heavy atom. The molecule has 2 N–H and O–H groups in total. The molecule has 2 aromatic rings. The number of rotatable bonds is 6. The van der Waals surface area contributed by atoms with E-state index in [-0.39, 0.29) is 17.7 Å². The highest BCUT2D eigenvalue weighted by Crippen LogP contribution is 2.34. The van der Waals surface area contributed by atoms with Crippen LogP contribution in [0.5, 0.6) is 0 Å². The Balaban J connectivity index is 1.97. The minimum atomic E-state index is -0.438. The van der Waals surface area contributed by atoms with E-state index in [1.165, 1.54) is 4.90 Å². The number of primary amides is 1. The lowest BCUT2D eigenvalue weighted by Crippen LogP contribution is -2.29. The third-order valence-corrected chi connectivity index (χ3v) is 4.95. The Bertz CT molecular complexity index is 885. The molecule has 25 heavy (non-hydrogen) atoms. The van der Waals surface area contributed by atoms with Crippen LogP contribution >= 0.6 is 11.8 Å². The Kier molecular flexibility index (Phi) is 4.94. The molecule has 3 rings (SSSR count). The molecule has 0 radical (unpaired) electrons. The van der Waals surface area contributed by atoms with Gasteiger partial charge < -0.3 is 10.3 Å². The lowest BCUT2D eigenvalue weighted by Gasteiger charge is -2.10. The number of fused-ring (bicyclic) bond motifs is 1. The van der Waals surface area contributed by atoms with E-state index < -0.39 is 5.91 Å². The van der Waals surface area contributed by atoms with Gasteiger partial charge in [0.05, 0.1) is 4.91 Å². The SMILES string of the molecule is CCCCN1C(=O)S/C(=C\c2cn(CC(N)=O)c3ccccc23)C1=O. The fourth-order valence-electron chi connectivity index (χ4n) is 2.84. The van der Waals surface area contributed by atoms with Gasteiger partial charge in [-0.25, -0.2) is 0 Å². The molecular weight excluding hydrogens is 338 g/mol. The van der Waals surface area contributed by atoms with Crippen LogP contribution in [0, 0.1) is 0 Å². The first-order chi connectivity index (χ1) is 12.0. The molecule has 130 valence electrons. The normalized spacial score (nSPS) is 16.4. The van der Waals surface area contributed by atoms with Gasteiger partial charge in [0.2, 0.25) is 5.91 Å². The van der Waals surface area contributed by atoms with Crippen molar-refractivity contribution >= 4 is 45.8 Å². The summed E-state index contributed by atoms with van der Waals surface area (Å²) in [6.07, 6.45) is 5.22. The quantitative estimate of drug-likeness (QED) is 0.806. The number of nitrogens with zero attached hydrogens (tertiary/aromatic N) is 2. The summed E-state index contributed by atoms with van der Waals surface area (Å²) in [6, 6.07) is 7.58. The number of aromatic nitrogens is 1. The molecule has 3 amide bonds. The van der Waals surface area contributed by atoms with Crippen LogP contribution in [0.25, 0.3) is 17.0 Å². The Labute approximate surface area is 149 Å². The van der Waals surface area contributed by atoms with E-state index in [1.54, 1.807) is 16.8 Å². The Morgan fingerprint density at radius 1 is 1.28 bits per heavy atom. The zero-order valence-electron chi connectivity index (χ0n) is 13.9. The molecule has 0 spiro atoms. The third-order valence-electron chi connectivity index (χ3n) is 4.04. The monoisotopic (exact) mass is 357 g/mol. The van der Waals surface area contributed by atoms with Gasteiger partial charge in [-0.2, -0.15) is 0 Å². The second-order valence-corrected chi connectivity index (χ2v) is 6.88. The lowest BCUT2D eigenvalue weighted by molar-refractivity contribution is -0.122. The topological polar surface area (TPSA) is 85.4 Å². The van der Waals surface area contributed by atoms with Crippen molar-refractivity contribution in [2.24, 2.45) is 5.73 Å². The Hall–Kier alpha value is -2.54. The molecule has 1 aliphatic heterocycles. The van der Waals surface area contributed by atoms with Crippen LogP contribution in [-0.2, 0) is 16.1 Å². The summed E-state index contributed by atoms with van der Waals surface area (Å²) in [5, 5.41) is 0.676. The molecule has 1 aromatic carbocycles. The number of benzene rings is 1. The van der Waals surface area contributed by atoms with Crippen LogP contribution in [0.15, 0.2) is 35.4 Å². The number of carbonyl (C=O) groups excluding carboxylic acids is 3. The summed E-state index contributed by atoms with van der Waals surface area (Å²) in [5.41, 5.74) is 6.96. The molecule has 1 fully saturated rings. The minimum absolute atomic E-state index is 0.0618. The number of hydrogen-bond acceptors (Lipinski definition) is 4. The van der Waals surface area contributed by atoms with Gasteiger partial charge in [0.15, 0.2) is 0 Å². The molecule has 7 heteroatoms. The molecule has 2 heterocycles. The van der Waals surface area contributed by atoms with E-state index in [9.17, 15) is 14.4 Å². The average molecular weight is 357 g/mol. The van der Waals surface area contributed by atoms with Gasteiger partial charge in [-0.15, -0.1) is 0 Å². The first kappa shape index (κ1) is 17.3. The number of unbranched alkanes of at least 4 members (excludes halogenated alkanes) is 1. The lowest BCUT2D eigenvalue weighted by atomic mass is 10.1. The molecule has 1 saturated heterocycles. The molecule has 0 unspecified atom stereocenters. The van der Waals surface area contributed by atoms with E-state index in [0.29, 0.717) is 11.4 Å². The maximum Gasteiger partial charge on any atom is 0.293 e. The summed E-state index contributed by atoms with van der Waals surface area (Å²) in [7, 11) is 0. The van der Waals surface area contributed by atoms with E-state index in [4.69, 9.17) is 5.73 Å². The number of nitrogens with two attached hydrogens (primary N) is 1. The van der Waals surface area contributed by atoms with Gasteiger partial charge in [0, 0.05) is 29.2 Å². The number of thioether (sulfide) groups is 1. The molecule has 0 atom stereocenters. The van der Waals surface area contributed by atoms with Crippen LogP contribution < -0.4 is 5.73 Å². The summed E-state index contributed by atoms with van der Waals surface area (Å²) in [4.78, 5) is 37.5. The third kappa shape index (κ3) is 3.46. The van der Waals surface area contributed by atoms with E-state index in [0.717, 1.165) is 41.1 Å². The average Bonchev–Trinajstić information content (AvgIpc) is 3.04. The molecule has 0 bridgehead atoms. The van der Waals surface area contributed by atoms with Crippen LogP contribution in [-0.4, -0.2) is 33.1 Å². The van der Waals surface area contributed by atoms with Crippen molar-refractivity contribution in [2.45, 2.75) is 26.3 Å². The Morgan fingerprint density at radius 3 is 2.76 bits per heavy atom. The predicted molar refractivity (Wildman–Crippen MR) is 98.7 cm³/mol. The minimum Gasteiger partial charge on any atom is -0.368 e. The van der Waals surface area contributed by atoms with Gasteiger partial charge in [-0.3, -0.25) is 19.3 Å². The summed E-state index contributed by atoms with van der Waals surface area (Å²) in [5.74, 6) is -0.692. The van der Waals surface area contributed by atoms with Crippen LogP contribution in [0.4, 0.5) is 4.79 Å². The number of amides is 3. The van der Waals surface area contributed by atoms with Gasteiger partial charge in [0.1, 0.15) is 6.54 Å². The second-order valence-electron chi connectivity index (χ2n) is 5.88. The molecular formula is C18H19N3O3S. The molecule has 1 aromatic heterocycles. The van der Waals surface area contributed by atoms with E-state index in [2.05, 4.69) is 0 Å². The van der Waals surface area contributed by atoms with E-state index >= 15 is 0 Å². The van der Waals surface area contributed by atoms with Crippen molar-refractivity contribution in [1.29, 1.82) is 0 Å².